The number of benzene rings is 1. The minimum Gasteiger partial charge on any atom is -0.347 e. The highest BCUT2D eigenvalue weighted by Gasteiger charge is 2.17. The summed E-state index contributed by atoms with van der Waals surface area (Å²) in [5, 5.41) is 6.44. The molecular weight excluding hydrogens is 387 g/mol. The van der Waals surface area contributed by atoms with Gasteiger partial charge in [0.15, 0.2) is 0 Å². The lowest BCUT2D eigenvalue weighted by molar-refractivity contribution is -0.125. The molecule has 8 heteroatoms. The van der Waals surface area contributed by atoms with Gasteiger partial charge in [0.05, 0.1) is 12.6 Å². The predicted octanol–water partition coefficient (Wildman–Crippen LogP) is 3.18. The summed E-state index contributed by atoms with van der Waals surface area (Å²) < 4.78 is 2.21. The standard InChI is InChI=1S/C19H28N4O2.2ClH/c1-12(2)11-23-8-7-14-9-15(5-6-16(14)23)22-17(24)10-21-19(25)18(20)13(3)4;;/h5-9,12-13,18H,10-11,20H2,1-4H3,(H,21,25)(H,22,24);2*1H/t18-;;/m0../s1. The molecule has 0 aliphatic rings. The van der Waals surface area contributed by atoms with Gasteiger partial charge in [0.2, 0.25) is 11.8 Å². The van der Waals surface area contributed by atoms with E-state index in [9.17, 15) is 9.59 Å². The van der Waals surface area contributed by atoms with Gasteiger partial charge in [0.1, 0.15) is 0 Å². The van der Waals surface area contributed by atoms with Gasteiger partial charge in [-0.15, -0.1) is 24.8 Å². The van der Waals surface area contributed by atoms with Crippen molar-refractivity contribution >= 4 is 53.2 Å². The lowest BCUT2D eigenvalue weighted by atomic mass is 10.1. The van der Waals surface area contributed by atoms with Crippen molar-refractivity contribution in [1.29, 1.82) is 0 Å². The van der Waals surface area contributed by atoms with E-state index in [1.807, 2.05) is 38.1 Å². The number of nitrogens with one attached hydrogen (secondary N) is 2. The van der Waals surface area contributed by atoms with Crippen LogP contribution in [0.25, 0.3) is 10.9 Å². The Kier molecular flexibility index (Phi) is 10.4. The molecule has 0 aliphatic heterocycles. The molecule has 1 aromatic heterocycles. The van der Waals surface area contributed by atoms with Crippen LogP contribution in [0.2, 0.25) is 0 Å². The second-order valence-electron chi connectivity index (χ2n) is 7.17. The third-order valence-electron chi connectivity index (χ3n) is 4.06. The zero-order valence-electron chi connectivity index (χ0n) is 16.2. The number of amides is 2. The Balaban J connectivity index is 0.00000338. The summed E-state index contributed by atoms with van der Waals surface area (Å²) in [5.74, 6) is 0.00720. The number of fused-ring (bicyclic) bond motifs is 1. The maximum atomic E-state index is 12.0. The summed E-state index contributed by atoms with van der Waals surface area (Å²) in [6.45, 7) is 8.96. The molecule has 1 aromatic carbocycles. The van der Waals surface area contributed by atoms with Crippen molar-refractivity contribution in [1.82, 2.24) is 9.88 Å². The molecule has 0 unspecified atom stereocenters. The molecule has 0 fully saturated rings. The first-order chi connectivity index (χ1) is 11.8. The van der Waals surface area contributed by atoms with Crippen LogP contribution in [0.1, 0.15) is 27.7 Å². The van der Waals surface area contributed by atoms with Gasteiger partial charge in [0.25, 0.3) is 0 Å². The zero-order valence-corrected chi connectivity index (χ0v) is 17.8. The summed E-state index contributed by atoms with van der Waals surface area (Å²) >= 11 is 0. The van der Waals surface area contributed by atoms with E-state index >= 15 is 0 Å². The Morgan fingerprint density at radius 1 is 1.11 bits per heavy atom. The second-order valence-corrected chi connectivity index (χ2v) is 7.17. The van der Waals surface area contributed by atoms with Gasteiger partial charge >= 0.3 is 0 Å². The number of hydrogen-bond donors (Lipinski definition) is 3. The maximum absolute atomic E-state index is 12.0. The predicted molar refractivity (Wildman–Crippen MR) is 116 cm³/mol. The molecule has 1 heterocycles. The van der Waals surface area contributed by atoms with Crippen LogP contribution in [0.5, 0.6) is 0 Å². The smallest absolute Gasteiger partial charge is 0.243 e. The number of halogens is 2. The van der Waals surface area contributed by atoms with Crippen molar-refractivity contribution in [3.05, 3.63) is 30.5 Å². The maximum Gasteiger partial charge on any atom is 0.243 e. The highest BCUT2D eigenvalue weighted by atomic mass is 35.5. The van der Waals surface area contributed by atoms with Crippen LogP contribution in [-0.2, 0) is 16.1 Å². The van der Waals surface area contributed by atoms with Crippen molar-refractivity contribution in [2.24, 2.45) is 17.6 Å². The van der Waals surface area contributed by atoms with Crippen LogP contribution < -0.4 is 16.4 Å². The fourth-order valence-corrected chi connectivity index (χ4v) is 2.62. The van der Waals surface area contributed by atoms with Crippen LogP contribution in [-0.4, -0.2) is 29.0 Å². The molecule has 0 saturated heterocycles. The minimum atomic E-state index is -0.607. The van der Waals surface area contributed by atoms with E-state index in [1.165, 1.54) is 0 Å². The molecule has 6 nitrogen and oxygen atoms in total. The van der Waals surface area contributed by atoms with Crippen LogP contribution in [0.15, 0.2) is 30.5 Å². The topological polar surface area (TPSA) is 89.2 Å². The number of anilines is 1. The fraction of sp³-hybridized carbons (Fsp3) is 0.474. The molecule has 4 N–H and O–H groups in total. The Labute approximate surface area is 173 Å². The van der Waals surface area contributed by atoms with Gasteiger partial charge in [-0.05, 0) is 36.1 Å². The van der Waals surface area contributed by atoms with Crippen LogP contribution >= 0.6 is 24.8 Å². The van der Waals surface area contributed by atoms with Gasteiger partial charge in [-0.2, -0.15) is 0 Å². The van der Waals surface area contributed by atoms with Gasteiger partial charge in [-0.25, -0.2) is 0 Å². The van der Waals surface area contributed by atoms with Gasteiger partial charge in [-0.1, -0.05) is 27.7 Å². The van der Waals surface area contributed by atoms with Crippen LogP contribution in [0.4, 0.5) is 5.69 Å². The monoisotopic (exact) mass is 416 g/mol. The number of carbonyl (C=O) groups excluding carboxylic acids is 2. The van der Waals surface area contributed by atoms with Gasteiger partial charge in [0, 0.05) is 29.3 Å². The molecule has 0 spiro atoms. The summed E-state index contributed by atoms with van der Waals surface area (Å²) in [7, 11) is 0. The molecule has 2 rings (SSSR count). The average molecular weight is 417 g/mol. The molecule has 27 heavy (non-hydrogen) atoms. The van der Waals surface area contributed by atoms with Crippen molar-refractivity contribution < 1.29 is 9.59 Å². The molecule has 0 aliphatic carbocycles. The van der Waals surface area contributed by atoms with E-state index < -0.39 is 6.04 Å². The second kappa shape index (κ2) is 11.2. The van der Waals surface area contributed by atoms with Crippen molar-refractivity contribution in [2.75, 3.05) is 11.9 Å². The Hall–Kier alpha value is -1.76. The molecule has 2 amide bonds. The van der Waals surface area contributed by atoms with E-state index in [4.69, 9.17) is 5.73 Å². The first-order valence-corrected chi connectivity index (χ1v) is 8.70. The van der Waals surface area contributed by atoms with Gasteiger partial charge in [-0.3, -0.25) is 9.59 Å². The summed E-state index contributed by atoms with van der Waals surface area (Å²) in [5.41, 5.74) is 7.60. The van der Waals surface area contributed by atoms with Crippen LogP contribution in [0, 0.1) is 11.8 Å². The van der Waals surface area contributed by atoms with Crippen molar-refractivity contribution in [3.63, 3.8) is 0 Å². The Bertz CT molecular complexity index is 759. The molecule has 2 aromatic rings. The molecular formula is C19H30Cl2N4O2. The van der Waals surface area contributed by atoms with E-state index in [2.05, 4.69) is 35.2 Å². The SMILES string of the molecule is CC(C)Cn1ccc2cc(NC(=O)CNC(=O)[C@@H](N)C(C)C)ccc21.Cl.Cl. The Morgan fingerprint density at radius 3 is 2.37 bits per heavy atom. The zero-order chi connectivity index (χ0) is 18.6. The van der Waals surface area contributed by atoms with E-state index in [0.29, 0.717) is 11.6 Å². The third-order valence-corrected chi connectivity index (χ3v) is 4.06. The number of aromatic nitrogens is 1. The van der Waals surface area contributed by atoms with Crippen molar-refractivity contribution in [3.8, 4) is 0 Å². The molecule has 152 valence electrons. The minimum absolute atomic E-state index is 0. The quantitative estimate of drug-likeness (QED) is 0.647. The molecule has 1 atom stereocenters. The van der Waals surface area contributed by atoms with E-state index in [-0.39, 0.29) is 49.1 Å². The third kappa shape index (κ3) is 7.05. The largest absolute Gasteiger partial charge is 0.347 e. The normalized spacial score (nSPS) is 11.7. The number of hydrogen-bond acceptors (Lipinski definition) is 3. The van der Waals surface area contributed by atoms with Crippen molar-refractivity contribution in [2.45, 2.75) is 40.3 Å². The van der Waals surface area contributed by atoms with Crippen LogP contribution in [0.3, 0.4) is 0 Å². The molecule has 0 radical (unpaired) electrons. The lowest BCUT2D eigenvalue weighted by Gasteiger charge is -2.15. The number of nitrogens with two attached hydrogens (primary N) is 1. The first kappa shape index (κ1) is 25.2. The fourth-order valence-electron chi connectivity index (χ4n) is 2.62. The highest BCUT2D eigenvalue weighted by molar-refractivity contribution is 5.97. The summed E-state index contributed by atoms with van der Waals surface area (Å²) in [6, 6.07) is 7.24. The number of carbonyl (C=O) groups is 2. The first-order valence-electron chi connectivity index (χ1n) is 8.70. The molecule has 0 saturated carbocycles. The number of rotatable bonds is 7. The average Bonchev–Trinajstić information content (AvgIpc) is 2.93. The van der Waals surface area contributed by atoms with E-state index in [1.54, 1.807) is 0 Å². The summed E-state index contributed by atoms with van der Waals surface area (Å²) in [4.78, 5) is 23.8. The Morgan fingerprint density at radius 2 is 1.78 bits per heavy atom. The van der Waals surface area contributed by atoms with Gasteiger partial charge < -0.3 is 20.9 Å². The van der Waals surface area contributed by atoms with E-state index in [0.717, 1.165) is 17.4 Å². The number of nitrogens with zero attached hydrogens (tertiary/aromatic N) is 1. The highest BCUT2D eigenvalue weighted by Crippen LogP contribution is 2.21. The summed E-state index contributed by atoms with van der Waals surface area (Å²) in [6.07, 6.45) is 2.06. The lowest BCUT2D eigenvalue weighted by Crippen LogP contribution is -2.46. The molecule has 0 bridgehead atoms.